The van der Waals surface area contributed by atoms with Crippen LogP contribution >= 0.6 is 11.3 Å². The van der Waals surface area contributed by atoms with Gasteiger partial charge in [0.2, 0.25) is 0 Å². The average molecular weight is 252 g/mol. The molecule has 6 nitrogen and oxygen atoms in total. The monoisotopic (exact) mass is 252 g/mol. The minimum atomic E-state index is -0.985. The smallest absolute Gasteiger partial charge is 0.355 e. The molecule has 0 saturated carbocycles. The lowest BCUT2D eigenvalue weighted by Crippen LogP contribution is -2.09. The number of carboxylic acid groups (broad SMARTS) is 1. The Morgan fingerprint density at radius 1 is 1.65 bits per heavy atom. The maximum Gasteiger partial charge on any atom is 0.355 e. The van der Waals surface area contributed by atoms with Gasteiger partial charge in [0.1, 0.15) is 0 Å². The van der Waals surface area contributed by atoms with Crippen molar-refractivity contribution < 1.29 is 9.90 Å². The van der Waals surface area contributed by atoms with Crippen molar-refractivity contribution in [2.45, 2.75) is 13.5 Å². The Balaban J connectivity index is 1.91. The molecule has 0 bridgehead atoms. The third-order valence-corrected chi connectivity index (χ3v) is 3.13. The summed E-state index contributed by atoms with van der Waals surface area (Å²) in [7, 11) is 0. The second kappa shape index (κ2) is 4.96. The highest BCUT2D eigenvalue weighted by Gasteiger charge is 2.13. The predicted octanol–water partition coefficient (Wildman–Crippen LogP) is 1.46. The van der Waals surface area contributed by atoms with Crippen molar-refractivity contribution in [3.8, 4) is 0 Å². The van der Waals surface area contributed by atoms with Crippen LogP contribution in [0.4, 0.5) is 5.13 Å². The lowest BCUT2D eigenvalue weighted by molar-refractivity contribution is 0.0690. The van der Waals surface area contributed by atoms with Crippen LogP contribution in [0.2, 0.25) is 0 Å². The number of rotatable bonds is 5. The molecule has 0 atom stereocenters. The number of carbonyl (C=O) groups is 1. The van der Waals surface area contributed by atoms with E-state index in [1.54, 1.807) is 19.4 Å². The summed E-state index contributed by atoms with van der Waals surface area (Å²) < 4.78 is 1.94. The van der Waals surface area contributed by atoms with Gasteiger partial charge in [0.25, 0.3) is 0 Å². The van der Waals surface area contributed by atoms with Gasteiger partial charge in [0, 0.05) is 30.4 Å². The Hall–Kier alpha value is -1.89. The van der Waals surface area contributed by atoms with Crippen LogP contribution in [0.5, 0.6) is 0 Å². The van der Waals surface area contributed by atoms with Gasteiger partial charge in [-0.25, -0.2) is 14.8 Å². The Kier molecular flexibility index (Phi) is 3.38. The van der Waals surface area contributed by atoms with Crippen molar-refractivity contribution in [1.82, 2.24) is 14.5 Å². The van der Waals surface area contributed by atoms with Crippen LogP contribution < -0.4 is 5.32 Å². The van der Waals surface area contributed by atoms with E-state index in [-0.39, 0.29) is 5.69 Å². The first-order valence-electron chi connectivity index (χ1n) is 5.07. The molecule has 0 radical (unpaired) electrons. The van der Waals surface area contributed by atoms with Crippen molar-refractivity contribution >= 4 is 22.4 Å². The second-order valence-corrected chi connectivity index (χ2v) is 4.66. The molecule has 7 heteroatoms. The highest BCUT2D eigenvalue weighted by Crippen LogP contribution is 2.21. The number of aromatic carboxylic acids is 1. The fourth-order valence-corrected chi connectivity index (χ4v) is 2.21. The molecule has 17 heavy (non-hydrogen) atoms. The number of hydrogen-bond acceptors (Lipinski definition) is 5. The van der Waals surface area contributed by atoms with Crippen LogP contribution in [0.3, 0.4) is 0 Å². The molecule has 0 amide bonds. The molecule has 2 heterocycles. The Bertz CT molecular complexity index is 506. The molecule has 90 valence electrons. The first kappa shape index (κ1) is 11.6. The number of nitrogens with zero attached hydrogens (tertiary/aromatic N) is 3. The van der Waals surface area contributed by atoms with Gasteiger partial charge in [-0.05, 0) is 6.92 Å². The van der Waals surface area contributed by atoms with Crippen LogP contribution in [-0.4, -0.2) is 32.2 Å². The van der Waals surface area contributed by atoms with E-state index >= 15 is 0 Å². The molecule has 0 aliphatic heterocycles. The lowest BCUT2D eigenvalue weighted by Gasteiger charge is -2.02. The maximum atomic E-state index is 10.8. The topological polar surface area (TPSA) is 80.0 Å². The molecule has 0 aliphatic carbocycles. The summed E-state index contributed by atoms with van der Waals surface area (Å²) in [6.45, 7) is 3.20. The van der Waals surface area contributed by atoms with Crippen molar-refractivity contribution in [2.75, 3.05) is 11.9 Å². The van der Waals surface area contributed by atoms with E-state index in [1.165, 1.54) is 11.3 Å². The summed E-state index contributed by atoms with van der Waals surface area (Å²) in [6.07, 6.45) is 5.32. The van der Waals surface area contributed by atoms with Crippen molar-refractivity contribution in [2.24, 2.45) is 0 Å². The lowest BCUT2D eigenvalue weighted by atomic mass is 10.4. The van der Waals surface area contributed by atoms with Gasteiger partial charge in [-0.2, -0.15) is 0 Å². The normalized spacial score (nSPS) is 10.4. The number of thiazole rings is 1. The first-order chi connectivity index (χ1) is 8.16. The molecular weight excluding hydrogens is 240 g/mol. The predicted molar refractivity (Wildman–Crippen MR) is 64.5 cm³/mol. The summed E-state index contributed by atoms with van der Waals surface area (Å²) in [5.74, 6) is -0.985. The molecule has 0 aliphatic rings. The van der Waals surface area contributed by atoms with Gasteiger partial charge in [0.05, 0.1) is 6.33 Å². The highest BCUT2D eigenvalue weighted by molar-refractivity contribution is 7.15. The standard InChI is InChI=1S/C10H12N4O2S/c1-7-8(9(15)16)13-10(17-7)12-3-5-14-4-2-11-6-14/h2,4,6H,3,5H2,1H3,(H,12,13)(H,15,16). The largest absolute Gasteiger partial charge is 0.476 e. The van der Waals surface area contributed by atoms with Gasteiger partial charge in [-0.1, -0.05) is 0 Å². The number of anilines is 1. The van der Waals surface area contributed by atoms with E-state index in [0.717, 1.165) is 6.54 Å². The van der Waals surface area contributed by atoms with Crippen molar-refractivity contribution in [3.63, 3.8) is 0 Å². The first-order valence-corrected chi connectivity index (χ1v) is 5.89. The van der Waals surface area contributed by atoms with Crippen LogP contribution in [0, 0.1) is 6.92 Å². The van der Waals surface area contributed by atoms with E-state index < -0.39 is 5.97 Å². The molecule has 2 aromatic rings. The highest BCUT2D eigenvalue weighted by atomic mass is 32.1. The maximum absolute atomic E-state index is 10.8. The van der Waals surface area contributed by atoms with Gasteiger partial charge in [-0.3, -0.25) is 0 Å². The van der Waals surface area contributed by atoms with E-state index in [4.69, 9.17) is 5.11 Å². The zero-order chi connectivity index (χ0) is 12.3. The molecule has 0 aromatic carbocycles. The van der Waals surface area contributed by atoms with Crippen molar-refractivity contribution in [3.05, 3.63) is 29.3 Å². The van der Waals surface area contributed by atoms with Crippen LogP contribution in [0.15, 0.2) is 18.7 Å². The summed E-state index contributed by atoms with van der Waals surface area (Å²) in [4.78, 5) is 19.5. The molecule has 2 rings (SSSR count). The number of aromatic nitrogens is 3. The number of carboxylic acids is 1. The minimum Gasteiger partial charge on any atom is -0.476 e. The second-order valence-electron chi connectivity index (χ2n) is 3.46. The Morgan fingerprint density at radius 3 is 3.06 bits per heavy atom. The fraction of sp³-hybridized carbons (Fsp3) is 0.300. The average Bonchev–Trinajstić information content (AvgIpc) is 2.88. The zero-order valence-corrected chi connectivity index (χ0v) is 10.1. The summed E-state index contributed by atoms with van der Waals surface area (Å²) in [6, 6.07) is 0. The van der Waals surface area contributed by atoms with Crippen LogP contribution in [0.1, 0.15) is 15.4 Å². The minimum absolute atomic E-state index is 0.125. The number of aryl methyl sites for hydroxylation is 1. The molecule has 2 aromatic heterocycles. The Labute approximate surface area is 102 Å². The molecule has 2 N–H and O–H groups in total. The van der Waals surface area contributed by atoms with Gasteiger partial charge in [0.15, 0.2) is 10.8 Å². The van der Waals surface area contributed by atoms with E-state index in [9.17, 15) is 4.79 Å². The van der Waals surface area contributed by atoms with E-state index in [1.807, 2.05) is 10.8 Å². The molecule has 0 saturated heterocycles. The van der Waals surface area contributed by atoms with Gasteiger partial charge >= 0.3 is 5.97 Å². The Morgan fingerprint density at radius 2 is 2.47 bits per heavy atom. The van der Waals surface area contributed by atoms with Gasteiger partial charge < -0.3 is 15.0 Å². The quantitative estimate of drug-likeness (QED) is 0.842. The zero-order valence-electron chi connectivity index (χ0n) is 9.25. The number of nitrogens with one attached hydrogen (secondary N) is 1. The third kappa shape index (κ3) is 2.82. The SMILES string of the molecule is Cc1sc(NCCn2ccnc2)nc1C(=O)O. The fourth-order valence-electron chi connectivity index (χ4n) is 1.38. The van der Waals surface area contributed by atoms with Crippen LogP contribution in [-0.2, 0) is 6.54 Å². The number of imidazole rings is 1. The number of hydrogen-bond donors (Lipinski definition) is 2. The molecular formula is C10H12N4O2S. The molecule has 0 unspecified atom stereocenters. The summed E-state index contributed by atoms with van der Waals surface area (Å²) in [5.41, 5.74) is 0.125. The van der Waals surface area contributed by atoms with Crippen LogP contribution in [0.25, 0.3) is 0 Å². The summed E-state index contributed by atoms with van der Waals surface area (Å²) in [5, 5.41) is 12.6. The third-order valence-electron chi connectivity index (χ3n) is 2.20. The molecule has 0 fully saturated rings. The summed E-state index contributed by atoms with van der Waals surface area (Å²) >= 11 is 1.35. The van der Waals surface area contributed by atoms with Crippen molar-refractivity contribution in [1.29, 1.82) is 0 Å². The molecule has 0 spiro atoms. The van der Waals surface area contributed by atoms with E-state index in [2.05, 4.69) is 15.3 Å². The van der Waals surface area contributed by atoms with Gasteiger partial charge in [-0.15, -0.1) is 11.3 Å². The van der Waals surface area contributed by atoms with E-state index in [0.29, 0.717) is 16.6 Å².